The van der Waals surface area contributed by atoms with Crippen molar-refractivity contribution in [3.05, 3.63) is 40.8 Å². The maximum absolute atomic E-state index is 12.2. The number of fused-ring (bicyclic) bond motifs is 3. The Hall–Kier alpha value is -2.34. The Balaban J connectivity index is 1.82. The van der Waals surface area contributed by atoms with Gasteiger partial charge < -0.3 is 15.2 Å². The number of amides is 1. The molecular weight excluding hydrogens is 302 g/mol. The summed E-state index contributed by atoms with van der Waals surface area (Å²) in [5.74, 6) is -0.353. The molecule has 0 saturated carbocycles. The quantitative estimate of drug-likeness (QED) is 0.909. The minimum Gasteiger partial charge on any atom is -0.488 e. The fourth-order valence-corrected chi connectivity index (χ4v) is 3.52. The molecule has 114 valence electrons. The van der Waals surface area contributed by atoms with Gasteiger partial charge in [0.1, 0.15) is 12.4 Å². The van der Waals surface area contributed by atoms with E-state index in [2.05, 4.69) is 5.32 Å². The van der Waals surface area contributed by atoms with Gasteiger partial charge in [-0.15, -0.1) is 11.3 Å². The van der Waals surface area contributed by atoms with Gasteiger partial charge in [0.25, 0.3) is 5.91 Å². The zero-order valence-corrected chi connectivity index (χ0v) is 12.8. The van der Waals surface area contributed by atoms with E-state index in [9.17, 15) is 9.59 Å². The molecule has 0 fully saturated rings. The molecule has 0 aliphatic carbocycles. The number of nitrogens with one attached hydrogen (secondary N) is 1. The zero-order valence-electron chi connectivity index (χ0n) is 12.0. The monoisotopic (exact) mass is 317 g/mol. The number of para-hydroxylation sites is 1. The number of hydrogen-bond acceptors (Lipinski definition) is 4. The van der Waals surface area contributed by atoms with Gasteiger partial charge in [0.2, 0.25) is 0 Å². The van der Waals surface area contributed by atoms with Crippen LogP contribution < -0.4 is 10.1 Å². The molecule has 1 aromatic heterocycles. The highest BCUT2D eigenvalue weighted by Crippen LogP contribution is 2.42. The SMILES string of the molecule is CC(CC(=O)O)NC(=O)c1cc2c(s1)-c1ccccc1OC2. The number of thiophene rings is 1. The number of carbonyl (C=O) groups is 2. The smallest absolute Gasteiger partial charge is 0.305 e. The van der Waals surface area contributed by atoms with Gasteiger partial charge in [0.05, 0.1) is 11.3 Å². The van der Waals surface area contributed by atoms with Gasteiger partial charge in [0, 0.05) is 22.0 Å². The molecule has 2 N–H and O–H groups in total. The maximum Gasteiger partial charge on any atom is 0.305 e. The van der Waals surface area contributed by atoms with Crippen LogP contribution in [-0.2, 0) is 11.4 Å². The largest absolute Gasteiger partial charge is 0.488 e. The summed E-state index contributed by atoms with van der Waals surface area (Å²) in [4.78, 5) is 24.5. The van der Waals surface area contributed by atoms with E-state index < -0.39 is 12.0 Å². The first-order valence-electron chi connectivity index (χ1n) is 6.92. The number of hydrogen-bond donors (Lipinski definition) is 2. The van der Waals surface area contributed by atoms with Crippen molar-refractivity contribution in [3.63, 3.8) is 0 Å². The summed E-state index contributed by atoms with van der Waals surface area (Å²) in [5, 5.41) is 11.5. The summed E-state index contributed by atoms with van der Waals surface area (Å²) in [6.45, 7) is 2.12. The van der Waals surface area contributed by atoms with Crippen molar-refractivity contribution in [2.45, 2.75) is 26.0 Å². The second-order valence-corrected chi connectivity index (χ2v) is 6.27. The molecule has 3 rings (SSSR count). The van der Waals surface area contributed by atoms with Crippen molar-refractivity contribution >= 4 is 23.2 Å². The standard InChI is InChI=1S/C16H15NO4S/c1-9(6-14(18)19)17-16(20)13-7-10-8-21-12-5-3-2-4-11(12)15(10)22-13/h2-5,7,9H,6,8H2,1H3,(H,17,20)(H,18,19). The molecule has 6 heteroatoms. The third kappa shape index (κ3) is 2.82. The van der Waals surface area contributed by atoms with Crippen LogP contribution in [0.2, 0.25) is 0 Å². The molecule has 0 radical (unpaired) electrons. The second-order valence-electron chi connectivity index (χ2n) is 5.22. The van der Waals surface area contributed by atoms with E-state index in [0.717, 1.165) is 21.8 Å². The van der Waals surface area contributed by atoms with Crippen LogP contribution in [0.5, 0.6) is 5.75 Å². The Morgan fingerprint density at radius 2 is 2.18 bits per heavy atom. The van der Waals surface area contributed by atoms with Crippen LogP contribution in [-0.4, -0.2) is 23.0 Å². The number of rotatable bonds is 4. The molecule has 22 heavy (non-hydrogen) atoms. The Bertz CT molecular complexity index is 737. The Morgan fingerprint density at radius 3 is 2.95 bits per heavy atom. The summed E-state index contributed by atoms with van der Waals surface area (Å²) in [6.07, 6.45) is -0.0945. The van der Waals surface area contributed by atoms with Crippen molar-refractivity contribution in [2.24, 2.45) is 0 Å². The van der Waals surface area contributed by atoms with Crippen LogP contribution in [0.1, 0.15) is 28.6 Å². The molecule has 1 aromatic carbocycles. The highest BCUT2D eigenvalue weighted by Gasteiger charge is 2.23. The lowest BCUT2D eigenvalue weighted by atomic mass is 10.1. The molecule has 1 unspecified atom stereocenters. The molecule has 0 spiro atoms. The van der Waals surface area contributed by atoms with E-state index in [0.29, 0.717) is 11.5 Å². The first-order valence-corrected chi connectivity index (χ1v) is 7.74. The molecule has 0 saturated heterocycles. The normalized spacial score (nSPS) is 13.5. The Kier molecular flexibility index (Phi) is 3.85. The Morgan fingerprint density at radius 1 is 1.41 bits per heavy atom. The number of carbonyl (C=O) groups excluding carboxylic acids is 1. The molecule has 2 heterocycles. The van der Waals surface area contributed by atoms with E-state index in [1.54, 1.807) is 6.92 Å². The fraction of sp³-hybridized carbons (Fsp3) is 0.250. The summed E-state index contributed by atoms with van der Waals surface area (Å²) in [5.41, 5.74) is 1.98. The zero-order chi connectivity index (χ0) is 15.7. The lowest BCUT2D eigenvalue weighted by Crippen LogP contribution is -2.33. The van der Waals surface area contributed by atoms with Crippen molar-refractivity contribution in [2.75, 3.05) is 0 Å². The van der Waals surface area contributed by atoms with Crippen LogP contribution >= 0.6 is 11.3 Å². The first kappa shape index (κ1) is 14.6. The molecule has 0 bridgehead atoms. The second kappa shape index (κ2) is 5.81. The number of carboxylic acids is 1. The van der Waals surface area contributed by atoms with Gasteiger partial charge in [-0.05, 0) is 25.1 Å². The lowest BCUT2D eigenvalue weighted by molar-refractivity contribution is -0.137. The minimum absolute atomic E-state index is 0.0945. The van der Waals surface area contributed by atoms with Gasteiger partial charge in [-0.2, -0.15) is 0 Å². The molecule has 1 atom stereocenters. The van der Waals surface area contributed by atoms with E-state index in [1.807, 2.05) is 30.3 Å². The molecule has 1 aliphatic rings. The van der Waals surface area contributed by atoms with Crippen LogP contribution in [0.3, 0.4) is 0 Å². The number of aliphatic carboxylic acids is 1. The van der Waals surface area contributed by atoms with Crippen molar-refractivity contribution in [1.82, 2.24) is 5.32 Å². The summed E-state index contributed by atoms with van der Waals surface area (Å²) >= 11 is 1.41. The highest BCUT2D eigenvalue weighted by molar-refractivity contribution is 7.17. The molecular formula is C16H15NO4S. The van der Waals surface area contributed by atoms with Crippen LogP contribution in [0.4, 0.5) is 0 Å². The number of ether oxygens (including phenoxy) is 1. The average molecular weight is 317 g/mol. The van der Waals surface area contributed by atoms with Crippen molar-refractivity contribution in [3.8, 4) is 16.2 Å². The van der Waals surface area contributed by atoms with Gasteiger partial charge in [-0.25, -0.2) is 0 Å². The molecule has 1 aliphatic heterocycles. The third-order valence-corrected chi connectivity index (χ3v) is 4.62. The maximum atomic E-state index is 12.2. The van der Waals surface area contributed by atoms with Gasteiger partial charge in [-0.1, -0.05) is 12.1 Å². The van der Waals surface area contributed by atoms with E-state index >= 15 is 0 Å². The fourth-order valence-electron chi connectivity index (χ4n) is 2.42. The minimum atomic E-state index is -0.930. The van der Waals surface area contributed by atoms with E-state index in [4.69, 9.17) is 9.84 Å². The van der Waals surface area contributed by atoms with Gasteiger partial charge in [-0.3, -0.25) is 9.59 Å². The molecule has 5 nitrogen and oxygen atoms in total. The van der Waals surface area contributed by atoms with Gasteiger partial charge >= 0.3 is 5.97 Å². The van der Waals surface area contributed by atoms with E-state index in [-0.39, 0.29) is 12.3 Å². The van der Waals surface area contributed by atoms with Crippen LogP contribution in [0.25, 0.3) is 10.4 Å². The summed E-state index contributed by atoms with van der Waals surface area (Å²) in [6, 6.07) is 9.14. The third-order valence-electron chi connectivity index (χ3n) is 3.41. The first-order chi connectivity index (χ1) is 10.5. The number of carboxylic acid groups (broad SMARTS) is 1. The van der Waals surface area contributed by atoms with Crippen LogP contribution in [0, 0.1) is 0 Å². The number of benzene rings is 1. The average Bonchev–Trinajstić information content (AvgIpc) is 2.91. The van der Waals surface area contributed by atoms with Crippen molar-refractivity contribution in [1.29, 1.82) is 0 Å². The van der Waals surface area contributed by atoms with Crippen LogP contribution in [0.15, 0.2) is 30.3 Å². The summed E-state index contributed by atoms with van der Waals surface area (Å²) < 4.78 is 5.67. The predicted octanol–water partition coefficient (Wildman–Crippen LogP) is 2.90. The predicted molar refractivity (Wildman–Crippen MR) is 83.3 cm³/mol. The molecule has 2 aromatic rings. The molecule has 1 amide bonds. The van der Waals surface area contributed by atoms with Gasteiger partial charge in [0.15, 0.2) is 0 Å². The van der Waals surface area contributed by atoms with E-state index in [1.165, 1.54) is 11.3 Å². The summed E-state index contributed by atoms with van der Waals surface area (Å²) in [7, 11) is 0. The lowest BCUT2D eigenvalue weighted by Gasteiger charge is -2.16. The van der Waals surface area contributed by atoms with Crippen molar-refractivity contribution < 1.29 is 19.4 Å². The topological polar surface area (TPSA) is 75.6 Å². The highest BCUT2D eigenvalue weighted by atomic mass is 32.1. The Labute approximate surface area is 131 Å².